The van der Waals surface area contributed by atoms with E-state index in [1.165, 1.54) is 0 Å². The van der Waals surface area contributed by atoms with Crippen molar-refractivity contribution in [2.24, 2.45) is 0 Å². The molecule has 15 heavy (non-hydrogen) atoms. The summed E-state index contributed by atoms with van der Waals surface area (Å²) in [4.78, 5) is 14.2. The van der Waals surface area contributed by atoms with Crippen LogP contribution in [-0.2, 0) is 6.42 Å². The van der Waals surface area contributed by atoms with Gasteiger partial charge in [-0.05, 0) is 24.1 Å². The Morgan fingerprint density at radius 2 is 2.07 bits per heavy atom. The Hall–Kier alpha value is -0.610. The highest BCUT2D eigenvalue weighted by Gasteiger charge is 2.03. The van der Waals surface area contributed by atoms with Crippen molar-refractivity contribution in [3.05, 3.63) is 44.7 Å². The molecule has 0 unspecified atom stereocenters. The molecule has 2 rings (SSSR count). The lowest BCUT2D eigenvalue weighted by molar-refractivity contribution is 1.15. The maximum Gasteiger partial charge on any atom is 0.248 e. The van der Waals surface area contributed by atoms with Crippen molar-refractivity contribution in [3.8, 4) is 0 Å². The van der Waals surface area contributed by atoms with E-state index in [1.54, 1.807) is 6.07 Å². The van der Waals surface area contributed by atoms with E-state index >= 15 is 0 Å². The summed E-state index contributed by atoms with van der Waals surface area (Å²) in [5, 5.41) is 1.97. The normalized spacial score (nSPS) is 10.8. The lowest BCUT2D eigenvalue weighted by Gasteiger charge is -2.04. The van der Waals surface area contributed by atoms with Gasteiger partial charge in [-0.1, -0.05) is 37.9 Å². The maximum atomic E-state index is 11.4. The van der Waals surface area contributed by atoms with E-state index in [4.69, 9.17) is 0 Å². The van der Waals surface area contributed by atoms with Gasteiger partial charge in [0.25, 0.3) is 0 Å². The first-order chi connectivity index (χ1) is 7.20. The minimum absolute atomic E-state index is 0.0449. The predicted octanol–water partition coefficient (Wildman–Crippen LogP) is 3.23. The number of aromatic nitrogens is 1. The standard InChI is InChI=1S/C11H9Br2NO/c12-4-3-7-5-11(15)14-10-6-8(13)1-2-9(7)10/h1-2,5-6H,3-4H2,(H,14,15). The summed E-state index contributed by atoms with van der Waals surface area (Å²) >= 11 is 6.78. The van der Waals surface area contributed by atoms with Crippen molar-refractivity contribution < 1.29 is 0 Å². The summed E-state index contributed by atoms with van der Waals surface area (Å²) in [6.45, 7) is 0. The molecule has 0 atom stereocenters. The van der Waals surface area contributed by atoms with Gasteiger partial charge in [0.1, 0.15) is 0 Å². The van der Waals surface area contributed by atoms with E-state index in [0.29, 0.717) is 0 Å². The summed E-state index contributed by atoms with van der Waals surface area (Å²) in [6, 6.07) is 7.59. The molecule has 0 aliphatic heterocycles. The van der Waals surface area contributed by atoms with E-state index in [0.717, 1.165) is 32.7 Å². The average Bonchev–Trinajstić information content (AvgIpc) is 2.17. The molecule has 0 saturated carbocycles. The first-order valence-corrected chi connectivity index (χ1v) is 6.49. The summed E-state index contributed by atoms with van der Waals surface area (Å²) in [7, 11) is 0. The molecule has 0 spiro atoms. The Morgan fingerprint density at radius 1 is 1.27 bits per heavy atom. The van der Waals surface area contributed by atoms with Crippen LogP contribution in [0.1, 0.15) is 5.56 Å². The van der Waals surface area contributed by atoms with Crippen LogP contribution in [0.25, 0.3) is 10.9 Å². The fourth-order valence-electron chi connectivity index (χ4n) is 1.61. The molecule has 2 aromatic rings. The van der Waals surface area contributed by atoms with Gasteiger partial charge in [-0.2, -0.15) is 0 Å². The summed E-state index contributed by atoms with van der Waals surface area (Å²) in [5.41, 5.74) is 1.92. The van der Waals surface area contributed by atoms with Crippen LogP contribution >= 0.6 is 31.9 Å². The second-order valence-electron chi connectivity index (χ2n) is 3.29. The molecule has 1 aromatic heterocycles. The van der Waals surface area contributed by atoms with Gasteiger partial charge in [0.05, 0.1) is 0 Å². The van der Waals surface area contributed by atoms with Crippen molar-refractivity contribution in [2.45, 2.75) is 6.42 Å². The van der Waals surface area contributed by atoms with Crippen molar-refractivity contribution in [3.63, 3.8) is 0 Å². The van der Waals surface area contributed by atoms with Gasteiger partial charge in [0, 0.05) is 26.8 Å². The quantitative estimate of drug-likeness (QED) is 0.842. The molecule has 1 aromatic carbocycles. The zero-order chi connectivity index (χ0) is 10.8. The topological polar surface area (TPSA) is 32.9 Å². The number of nitrogens with one attached hydrogen (secondary N) is 1. The van der Waals surface area contributed by atoms with Gasteiger partial charge < -0.3 is 4.98 Å². The number of rotatable bonds is 2. The third-order valence-electron chi connectivity index (χ3n) is 2.25. The fourth-order valence-corrected chi connectivity index (χ4v) is 2.40. The minimum atomic E-state index is -0.0449. The van der Waals surface area contributed by atoms with E-state index in [9.17, 15) is 4.79 Å². The van der Waals surface area contributed by atoms with Crippen molar-refractivity contribution >= 4 is 42.8 Å². The Kier molecular flexibility index (Phi) is 3.26. The maximum absolute atomic E-state index is 11.4. The van der Waals surface area contributed by atoms with Gasteiger partial charge in [-0.25, -0.2) is 0 Å². The zero-order valence-electron chi connectivity index (χ0n) is 7.89. The Labute approximate surface area is 104 Å². The number of halogens is 2. The molecular formula is C11H9Br2NO. The van der Waals surface area contributed by atoms with Crippen molar-refractivity contribution in [2.75, 3.05) is 5.33 Å². The molecule has 0 aliphatic rings. The first-order valence-electron chi connectivity index (χ1n) is 4.58. The van der Waals surface area contributed by atoms with Crippen LogP contribution < -0.4 is 5.56 Å². The Morgan fingerprint density at radius 3 is 2.80 bits per heavy atom. The number of aryl methyl sites for hydroxylation is 1. The molecule has 0 fully saturated rings. The highest BCUT2D eigenvalue weighted by Crippen LogP contribution is 2.20. The van der Waals surface area contributed by atoms with Crippen LogP contribution in [0.2, 0.25) is 0 Å². The number of pyridine rings is 1. The Bertz CT molecular complexity index is 548. The van der Waals surface area contributed by atoms with Crippen LogP contribution in [0, 0.1) is 0 Å². The van der Waals surface area contributed by atoms with Crippen LogP contribution in [0.4, 0.5) is 0 Å². The number of alkyl halides is 1. The smallest absolute Gasteiger partial charge is 0.248 e. The predicted molar refractivity (Wildman–Crippen MR) is 69.8 cm³/mol. The van der Waals surface area contributed by atoms with Gasteiger partial charge in [0.2, 0.25) is 5.56 Å². The summed E-state index contributed by atoms with van der Waals surface area (Å²) < 4.78 is 0.974. The monoisotopic (exact) mass is 329 g/mol. The Balaban J connectivity index is 2.74. The number of H-pyrrole nitrogens is 1. The van der Waals surface area contributed by atoms with E-state index in [-0.39, 0.29) is 5.56 Å². The molecule has 0 saturated heterocycles. The highest BCUT2D eigenvalue weighted by atomic mass is 79.9. The molecular weight excluding hydrogens is 322 g/mol. The SMILES string of the molecule is O=c1cc(CCBr)c2ccc(Br)cc2[nH]1. The van der Waals surface area contributed by atoms with Crippen LogP contribution in [0.15, 0.2) is 33.5 Å². The van der Waals surface area contributed by atoms with E-state index < -0.39 is 0 Å². The van der Waals surface area contributed by atoms with Gasteiger partial charge in [0.15, 0.2) is 0 Å². The minimum Gasteiger partial charge on any atom is -0.322 e. The van der Waals surface area contributed by atoms with Gasteiger partial charge in [-0.15, -0.1) is 0 Å². The van der Waals surface area contributed by atoms with Crippen LogP contribution in [0.5, 0.6) is 0 Å². The molecule has 0 radical (unpaired) electrons. The number of hydrogen-bond acceptors (Lipinski definition) is 1. The average molecular weight is 331 g/mol. The molecule has 0 amide bonds. The number of benzene rings is 1. The number of aromatic amines is 1. The molecule has 0 aliphatic carbocycles. The highest BCUT2D eigenvalue weighted by molar-refractivity contribution is 9.10. The molecule has 1 heterocycles. The van der Waals surface area contributed by atoms with Crippen molar-refractivity contribution in [1.29, 1.82) is 0 Å². The molecule has 2 nitrogen and oxygen atoms in total. The van der Waals surface area contributed by atoms with Crippen molar-refractivity contribution in [1.82, 2.24) is 4.98 Å². The zero-order valence-corrected chi connectivity index (χ0v) is 11.1. The molecule has 1 N–H and O–H groups in total. The molecule has 4 heteroatoms. The third-order valence-corrected chi connectivity index (χ3v) is 3.14. The van der Waals surface area contributed by atoms with Gasteiger partial charge >= 0.3 is 0 Å². The second-order valence-corrected chi connectivity index (χ2v) is 5.00. The summed E-state index contributed by atoms with van der Waals surface area (Å²) in [6.07, 6.45) is 0.863. The number of hydrogen-bond donors (Lipinski definition) is 1. The second kappa shape index (κ2) is 4.49. The fraction of sp³-hybridized carbons (Fsp3) is 0.182. The van der Waals surface area contributed by atoms with Gasteiger partial charge in [-0.3, -0.25) is 4.79 Å². The molecule has 78 valence electrons. The third kappa shape index (κ3) is 2.32. The lowest BCUT2D eigenvalue weighted by atomic mass is 10.1. The largest absolute Gasteiger partial charge is 0.322 e. The van der Waals surface area contributed by atoms with Crippen LogP contribution in [-0.4, -0.2) is 10.3 Å². The first kappa shape index (κ1) is 10.9. The van der Waals surface area contributed by atoms with E-state index in [1.807, 2.05) is 18.2 Å². The lowest BCUT2D eigenvalue weighted by Crippen LogP contribution is -2.06. The number of fused-ring (bicyclic) bond motifs is 1. The molecule has 0 bridgehead atoms. The van der Waals surface area contributed by atoms with Crippen LogP contribution in [0.3, 0.4) is 0 Å². The summed E-state index contributed by atoms with van der Waals surface area (Å²) in [5.74, 6) is 0. The van der Waals surface area contributed by atoms with E-state index in [2.05, 4.69) is 36.8 Å².